The highest BCUT2D eigenvalue weighted by molar-refractivity contribution is 8.04. The second kappa shape index (κ2) is 8.27. The Morgan fingerprint density at radius 2 is 1.35 bits per heavy atom. The molecule has 1 aliphatic rings. The number of rotatable bonds is 4. The van der Waals surface area contributed by atoms with Crippen LogP contribution >= 0.6 is 11.8 Å². The molecule has 0 bridgehead atoms. The van der Waals surface area contributed by atoms with Gasteiger partial charge >= 0.3 is 5.97 Å². The fourth-order valence-corrected chi connectivity index (χ4v) is 5.13. The SMILES string of the molecule is CC(C)(C)c1ccccc1SC1=C(O)CC(c2ccccc2)(c2ccccc2)OC1=O. The van der Waals surface area contributed by atoms with E-state index in [1.54, 1.807) is 0 Å². The molecule has 0 saturated heterocycles. The Morgan fingerprint density at radius 3 is 1.87 bits per heavy atom. The first-order chi connectivity index (χ1) is 14.8. The first-order valence-electron chi connectivity index (χ1n) is 10.4. The first-order valence-corrected chi connectivity index (χ1v) is 11.2. The fraction of sp³-hybridized carbons (Fsp3) is 0.222. The predicted molar refractivity (Wildman–Crippen MR) is 125 cm³/mol. The Hall–Kier alpha value is -2.98. The first kappa shape index (κ1) is 21.3. The molecule has 1 heterocycles. The van der Waals surface area contributed by atoms with Crippen molar-refractivity contribution in [2.45, 2.75) is 43.1 Å². The van der Waals surface area contributed by atoms with Crippen LogP contribution in [0.15, 0.2) is 100 Å². The van der Waals surface area contributed by atoms with E-state index in [-0.39, 0.29) is 22.5 Å². The number of ether oxygens (including phenoxy) is 1. The highest BCUT2D eigenvalue weighted by Gasteiger charge is 2.45. The van der Waals surface area contributed by atoms with Crippen molar-refractivity contribution in [2.24, 2.45) is 0 Å². The van der Waals surface area contributed by atoms with E-state index in [0.717, 1.165) is 21.6 Å². The van der Waals surface area contributed by atoms with Crippen LogP contribution in [0, 0.1) is 0 Å². The highest BCUT2D eigenvalue weighted by atomic mass is 32.2. The highest BCUT2D eigenvalue weighted by Crippen LogP contribution is 2.47. The number of hydrogen-bond donors (Lipinski definition) is 1. The van der Waals surface area contributed by atoms with Gasteiger partial charge in [0.05, 0.1) is 6.42 Å². The van der Waals surface area contributed by atoms with E-state index in [9.17, 15) is 9.90 Å². The third kappa shape index (κ3) is 4.13. The summed E-state index contributed by atoms with van der Waals surface area (Å²) in [5.74, 6) is -0.456. The van der Waals surface area contributed by atoms with Gasteiger partial charge in [-0.15, -0.1) is 0 Å². The Bertz CT molecular complexity index is 1070. The molecule has 3 nitrogen and oxygen atoms in total. The van der Waals surface area contributed by atoms with Gasteiger partial charge in [0.15, 0.2) is 5.60 Å². The number of benzene rings is 3. The molecule has 0 saturated carbocycles. The molecule has 3 aromatic carbocycles. The van der Waals surface area contributed by atoms with Crippen LogP contribution in [0.3, 0.4) is 0 Å². The Balaban J connectivity index is 1.78. The molecule has 0 spiro atoms. The molecule has 0 aliphatic carbocycles. The molecule has 31 heavy (non-hydrogen) atoms. The summed E-state index contributed by atoms with van der Waals surface area (Å²) in [7, 11) is 0. The summed E-state index contributed by atoms with van der Waals surface area (Å²) in [6.07, 6.45) is 0.187. The van der Waals surface area contributed by atoms with Crippen LogP contribution in [0.4, 0.5) is 0 Å². The lowest BCUT2D eigenvalue weighted by Gasteiger charge is -2.38. The zero-order valence-electron chi connectivity index (χ0n) is 18.0. The maximum absolute atomic E-state index is 13.3. The lowest BCUT2D eigenvalue weighted by Crippen LogP contribution is -2.38. The Labute approximate surface area is 187 Å². The molecule has 1 N–H and O–H groups in total. The van der Waals surface area contributed by atoms with E-state index >= 15 is 0 Å². The maximum Gasteiger partial charge on any atom is 0.349 e. The van der Waals surface area contributed by atoms with Crippen LogP contribution in [0.1, 0.15) is 43.9 Å². The molecule has 3 aromatic rings. The van der Waals surface area contributed by atoms with E-state index < -0.39 is 11.6 Å². The monoisotopic (exact) mass is 430 g/mol. The molecular weight excluding hydrogens is 404 g/mol. The summed E-state index contributed by atoms with van der Waals surface area (Å²) in [5, 5.41) is 11.1. The Kier molecular flexibility index (Phi) is 5.67. The third-order valence-corrected chi connectivity index (χ3v) is 6.70. The molecule has 1 aliphatic heterocycles. The topological polar surface area (TPSA) is 46.5 Å². The molecule has 0 radical (unpaired) electrons. The number of hydrogen-bond acceptors (Lipinski definition) is 4. The third-order valence-electron chi connectivity index (χ3n) is 5.52. The predicted octanol–water partition coefficient (Wildman–Crippen LogP) is 6.74. The minimum atomic E-state index is -1.06. The van der Waals surface area contributed by atoms with Crippen molar-refractivity contribution in [2.75, 3.05) is 0 Å². The number of cyclic esters (lactones) is 1. The molecule has 0 fully saturated rings. The molecule has 0 aromatic heterocycles. The molecular formula is C27H26O3S. The minimum absolute atomic E-state index is 0.0534. The number of aliphatic hydroxyl groups excluding tert-OH is 1. The molecule has 0 atom stereocenters. The smallest absolute Gasteiger partial charge is 0.349 e. The van der Waals surface area contributed by atoms with Crippen LogP contribution in [-0.4, -0.2) is 11.1 Å². The average Bonchev–Trinajstić information content (AvgIpc) is 2.77. The van der Waals surface area contributed by atoms with E-state index in [2.05, 4.69) is 26.8 Å². The van der Waals surface area contributed by atoms with Gasteiger partial charge in [-0.1, -0.05) is 111 Å². The van der Waals surface area contributed by atoms with E-state index in [1.165, 1.54) is 11.8 Å². The molecule has 4 rings (SSSR count). The summed E-state index contributed by atoms with van der Waals surface area (Å²) >= 11 is 1.28. The normalized spacial score (nSPS) is 16.2. The van der Waals surface area contributed by atoms with Crippen LogP contribution in [0.2, 0.25) is 0 Å². The van der Waals surface area contributed by atoms with Crippen molar-refractivity contribution in [3.05, 3.63) is 112 Å². The van der Waals surface area contributed by atoms with Crippen LogP contribution < -0.4 is 0 Å². The summed E-state index contributed by atoms with van der Waals surface area (Å²) < 4.78 is 6.15. The molecule has 0 amide bonds. The summed E-state index contributed by atoms with van der Waals surface area (Å²) in [6, 6.07) is 27.2. The zero-order valence-corrected chi connectivity index (χ0v) is 18.8. The van der Waals surface area contributed by atoms with Crippen molar-refractivity contribution >= 4 is 17.7 Å². The summed E-state index contributed by atoms with van der Waals surface area (Å²) in [4.78, 5) is 14.5. The van der Waals surface area contributed by atoms with Crippen LogP contribution in [-0.2, 0) is 20.5 Å². The van der Waals surface area contributed by atoms with Gasteiger partial charge in [-0.3, -0.25) is 0 Å². The van der Waals surface area contributed by atoms with Gasteiger partial charge in [-0.05, 0) is 17.0 Å². The molecule has 4 heteroatoms. The number of aliphatic hydroxyl groups is 1. The van der Waals surface area contributed by atoms with E-state index in [1.807, 2.05) is 78.9 Å². The number of thioether (sulfide) groups is 1. The minimum Gasteiger partial charge on any atom is -0.511 e. The lowest BCUT2D eigenvalue weighted by molar-refractivity contribution is -0.154. The zero-order chi connectivity index (χ0) is 22.1. The largest absolute Gasteiger partial charge is 0.511 e. The fourth-order valence-electron chi connectivity index (χ4n) is 3.96. The second-order valence-corrected chi connectivity index (χ2v) is 9.80. The van der Waals surface area contributed by atoms with Crippen molar-refractivity contribution in [1.29, 1.82) is 0 Å². The van der Waals surface area contributed by atoms with Gasteiger partial charge in [-0.2, -0.15) is 0 Å². The quantitative estimate of drug-likeness (QED) is 0.466. The van der Waals surface area contributed by atoms with Gasteiger partial charge < -0.3 is 9.84 Å². The van der Waals surface area contributed by atoms with Gasteiger partial charge in [0.25, 0.3) is 0 Å². The van der Waals surface area contributed by atoms with Crippen molar-refractivity contribution in [1.82, 2.24) is 0 Å². The molecule has 0 unspecified atom stereocenters. The van der Waals surface area contributed by atoms with Gasteiger partial charge in [0.2, 0.25) is 0 Å². The Morgan fingerprint density at radius 1 is 0.839 bits per heavy atom. The molecule has 158 valence electrons. The summed E-state index contributed by atoms with van der Waals surface area (Å²) in [5.41, 5.74) is 1.64. The maximum atomic E-state index is 13.3. The summed E-state index contributed by atoms with van der Waals surface area (Å²) in [6.45, 7) is 6.40. The number of carbonyl (C=O) groups is 1. The van der Waals surface area contributed by atoms with E-state index in [4.69, 9.17) is 4.74 Å². The van der Waals surface area contributed by atoms with Crippen LogP contribution in [0.5, 0.6) is 0 Å². The second-order valence-electron chi connectivity index (χ2n) is 8.75. The van der Waals surface area contributed by atoms with Crippen LogP contribution in [0.25, 0.3) is 0 Å². The number of carbonyl (C=O) groups excluding carboxylic acids is 1. The van der Waals surface area contributed by atoms with Gasteiger partial charge in [-0.25, -0.2) is 4.79 Å². The van der Waals surface area contributed by atoms with Crippen molar-refractivity contribution < 1.29 is 14.6 Å². The van der Waals surface area contributed by atoms with E-state index in [0.29, 0.717) is 0 Å². The lowest BCUT2D eigenvalue weighted by atomic mass is 9.81. The average molecular weight is 431 g/mol. The van der Waals surface area contributed by atoms with Crippen molar-refractivity contribution in [3.8, 4) is 0 Å². The van der Waals surface area contributed by atoms with Gasteiger partial charge in [0, 0.05) is 16.0 Å². The van der Waals surface area contributed by atoms with Gasteiger partial charge in [0.1, 0.15) is 10.7 Å². The van der Waals surface area contributed by atoms with Crippen molar-refractivity contribution in [3.63, 3.8) is 0 Å². The standard InChI is InChI=1S/C27H26O3S/c1-26(2,3)21-16-10-11-17-23(21)31-24-22(28)18-27(30-25(24)29,19-12-6-4-7-13-19)20-14-8-5-9-15-20/h4-17,28H,18H2,1-3H3. The number of esters is 1.